The van der Waals surface area contributed by atoms with Crippen LogP contribution >= 0.6 is 0 Å². The fourth-order valence-corrected chi connectivity index (χ4v) is 3.05. The van der Waals surface area contributed by atoms with E-state index in [1.807, 2.05) is 24.3 Å². The van der Waals surface area contributed by atoms with E-state index < -0.39 is 0 Å². The van der Waals surface area contributed by atoms with Crippen LogP contribution in [0.15, 0.2) is 59.0 Å². The Kier molecular flexibility index (Phi) is 3.43. The molecule has 112 valence electrons. The minimum absolute atomic E-state index is 0.621. The molecule has 2 aromatic carbocycles. The van der Waals surface area contributed by atoms with Gasteiger partial charge < -0.3 is 14.6 Å². The molecule has 0 spiro atoms. The van der Waals surface area contributed by atoms with Crippen LogP contribution in [0, 0.1) is 5.92 Å². The Morgan fingerprint density at radius 3 is 2.77 bits per heavy atom. The number of hydrogen-bond donors (Lipinski definition) is 1. The van der Waals surface area contributed by atoms with E-state index in [4.69, 9.17) is 4.42 Å². The van der Waals surface area contributed by atoms with E-state index in [0.29, 0.717) is 11.9 Å². The number of benzene rings is 2. The van der Waals surface area contributed by atoms with Crippen LogP contribution in [-0.4, -0.2) is 24.6 Å². The summed E-state index contributed by atoms with van der Waals surface area (Å²) in [6.07, 6.45) is 1.20. The summed E-state index contributed by atoms with van der Waals surface area (Å²) in [4.78, 5) is 6.90. The molecule has 1 N–H and O–H groups in total. The Morgan fingerprint density at radius 1 is 1.09 bits per heavy atom. The van der Waals surface area contributed by atoms with Crippen LogP contribution in [0.3, 0.4) is 0 Å². The monoisotopic (exact) mass is 293 g/mol. The van der Waals surface area contributed by atoms with E-state index in [-0.39, 0.29) is 0 Å². The molecule has 0 unspecified atom stereocenters. The molecule has 4 rings (SSSR count). The summed E-state index contributed by atoms with van der Waals surface area (Å²) in [5.41, 5.74) is 3.05. The molecule has 2 heterocycles. The van der Waals surface area contributed by atoms with Gasteiger partial charge in [0.25, 0.3) is 6.01 Å². The van der Waals surface area contributed by atoms with Gasteiger partial charge >= 0.3 is 0 Å². The molecular weight excluding hydrogens is 274 g/mol. The fourth-order valence-electron chi connectivity index (χ4n) is 3.05. The van der Waals surface area contributed by atoms with Gasteiger partial charge in [-0.25, -0.2) is 0 Å². The number of hydrogen-bond acceptors (Lipinski definition) is 4. The van der Waals surface area contributed by atoms with Gasteiger partial charge in [-0.05, 0) is 36.6 Å². The third-order valence-corrected chi connectivity index (χ3v) is 4.24. The van der Waals surface area contributed by atoms with E-state index in [0.717, 1.165) is 30.7 Å². The predicted molar refractivity (Wildman–Crippen MR) is 89.3 cm³/mol. The quantitative estimate of drug-likeness (QED) is 0.795. The van der Waals surface area contributed by atoms with Gasteiger partial charge in [-0.2, -0.15) is 4.98 Å². The predicted octanol–water partition coefficient (Wildman–Crippen LogP) is 3.77. The first-order valence-corrected chi connectivity index (χ1v) is 7.78. The van der Waals surface area contributed by atoms with Crippen LogP contribution in [0.4, 0.5) is 11.7 Å². The largest absolute Gasteiger partial charge is 0.424 e. The van der Waals surface area contributed by atoms with Crippen LogP contribution in [-0.2, 0) is 0 Å². The lowest BCUT2D eigenvalue weighted by molar-refractivity contribution is 0.577. The molecule has 1 fully saturated rings. The van der Waals surface area contributed by atoms with Crippen molar-refractivity contribution in [3.05, 3.63) is 54.6 Å². The normalized spacial score (nSPS) is 18.0. The van der Waals surface area contributed by atoms with Crippen LogP contribution in [0.5, 0.6) is 0 Å². The first-order valence-electron chi connectivity index (χ1n) is 7.78. The Hall–Kier alpha value is -2.49. The van der Waals surface area contributed by atoms with Crippen molar-refractivity contribution in [2.24, 2.45) is 5.92 Å². The average molecular weight is 293 g/mol. The third kappa shape index (κ3) is 2.64. The summed E-state index contributed by atoms with van der Waals surface area (Å²) in [6, 6.07) is 19.1. The first-order chi connectivity index (χ1) is 10.9. The summed E-state index contributed by atoms with van der Waals surface area (Å²) >= 11 is 0. The topological polar surface area (TPSA) is 41.3 Å². The highest BCUT2D eigenvalue weighted by Crippen LogP contribution is 2.24. The van der Waals surface area contributed by atoms with Gasteiger partial charge in [0.15, 0.2) is 5.58 Å². The van der Waals surface area contributed by atoms with Gasteiger partial charge in [-0.15, -0.1) is 0 Å². The van der Waals surface area contributed by atoms with E-state index in [1.54, 1.807) is 0 Å². The van der Waals surface area contributed by atoms with Gasteiger partial charge in [0.2, 0.25) is 0 Å². The minimum atomic E-state index is 0.621. The number of rotatable bonds is 4. The van der Waals surface area contributed by atoms with Gasteiger partial charge in [-0.3, -0.25) is 0 Å². The lowest BCUT2D eigenvalue weighted by Crippen LogP contribution is -2.22. The summed E-state index contributed by atoms with van der Waals surface area (Å²) in [7, 11) is 0. The molecule has 0 amide bonds. The molecule has 1 aromatic heterocycles. The van der Waals surface area contributed by atoms with Crippen molar-refractivity contribution in [3.63, 3.8) is 0 Å². The summed E-state index contributed by atoms with van der Waals surface area (Å²) < 4.78 is 5.70. The number of nitrogens with one attached hydrogen (secondary N) is 1. The van der Waals surface area contributed by atoms with Crippen LogP contribution in [0.25, 0.3) is 11.1 Å². The molecule has 0 aliphatic carbocycles. The molecule has 3 aromatic rings. The Balaban J connectivity index is 1.36. The van der Waals surface area contributed by atoms with Crippen molar-refractivity contribution >= 4 is 22.8 Å². The lowest BCUT2D eigenvalue weighted by atomic mass is 10.1. The number of aromatic nitrogens is 1. The van der Waals surface area contributed by atoms with Crippen molar-refractivity contribution in [1.82, 2.24) is 4.98 Å². The molecule has 4 nitrogen and oxygen atoms in total. The number of para-hydroxylation sites is 3. The Bertz CT molecular complexity index is 720. The van der Waals surface area contributed by atoms with Crippen LogP contribution in [0.2, 0.25) is 0 Å². The second kappa shape index (κ2) is 5.72. The maximum absolute atomic E-state index is 5.70. The van der Waals surface area contributed by atoms with Crippen molar-refractivity contribution < 1.29 is 4.42 Å². The maximum atomic E-state index is 5.70. The summed E-state index contributed by atoms with van der Waals surface area (Å²) in [5.74, 6) is 0.621. The van der Waals surface area contributed by atoms with E-state index in [9.17, 15) is 0 Å². The van der Waals surface area contributed by atoms with E-state index in [2.05, 4.69) is 45.5 Å². The molecule has 0 saturated carbocycles. The highest BCUT2D eigenvalue weighted by molar-refractivity contribution is 5.74. The fraction of sp³-hybridized carbons (Fsp3) is 0.278. The van der Waals surface area contributed by atoms with Crippen molar-refractivity contribution in [2.45, 2.75) is 6.42 Å². The zero-order chi connectivity index (χ0) is 14.8. The molecule has 1 aliphatic heterocycles. The third-order valence-electron chi connectivity index (χ3n) is 4.24. The lowest BCUT2D eigenvalue weighted by Gasteiger charge is -2.18. The first kappa shape index (κ1) is 13.2. The van der Waals surface area contributed by atoms with Gasteiger partial charge in [0, 0.05) is 25.3 Å². The molecule has 0 radical (unpaired) electrons. The number of nitrogens with zero attached hydrogens (tertiary/aromatic N) is 2. The van der Waals surface area contributed by atoms with Gasteiger partial charge in [0.1, 0.15) is 5.52 Å². The SMILES string of the molecule is c1ccc(N2CC[C@@H](CNc3nc4ccccc4o3)C2)cc1. The zero-order valence-corrected chi connectivity index (χ0v) is 12.4. The van der Waals surface area contributed by atoms with Crippen molar-refractivity contribution in [3.8, 4) is 0 Å². The highest BCUT2D eigenvalue weighted by atomic mass is 16.4. The standard InChI is InChI=1S/C18H19N3O/c1-2-6-15(7-3-1)21-11-10-14(13-21)12-19-18-20-16-8-4-5-9-17(16)22-18/h1-9,14H,10-13H2,(H,19,20)/t14-/m0/s1. The second-order valence-corrected chi connectivity index (χ2v) is 5.80. The maximum Gasteiger partial charge on any atom is 0.295 e. The summed E-state index contributed by atoms with van der Waals surface area (Å²) in [5, 5.41) is 3.34. The Morgan fingerprint density at radius 2 is 1.91 bits per heavy atom. The molecule has 4 heteroatoms. The van der Waals surface area contributed by atoms with Gasteiger partial charge in [0.05, 0.1) is 0 Å². The Labute approximate surface area is 129 Å². The molecule has 1 saturated heterocycles. The van der Waals surface area contributed by atoms with Crippen molar-refractivity contribution in [1.29, 1.82) is 0 Å². The molecule has 1 atom stereocenters. The summed E-state index contributed by atoms with van der Waals surface area (Å²) in [6.45, 7) is 3.09. The average Bonchev–Trinajstić information content (AvgIpc) is 3.20. The molecular formula is C18H19N3O. The van der Waals surface area contributed by atoms with Crippen LogP contribution in [0.1, 0.15) is 6.42 Å². The number of oxazole rings is 1. The van der Waals surface area contributed by atoms with Gasteiger partial charge in [-0.1, -0.05) is 30.3 Å². The zero-order valence-electron chi connectivity index (χ0n) is 12.4. The van der Waals surface area contributed by atoms with E-state index in [1.165, 1.54) is 12.1 Å². The van der Waals surface area contributed by atoms with E-state index >= 15 is 0 Å². The number of anilines is 2. The highest BCUT2D eigenvalue weighted by Gasteiger charge is 2.22. The second-order valence-electron chi connectivity index (χ2n) is 5.80. The molecule has 1 aliphatic rings. The van der Waals surface area contributed by atoms with Crippen molar-refractivity contribution in [2.75, 3.05) is 29.9 Å². The minimum Gasteiger partial charge on any atom is -0.424 e. The van der Waals surface area contributed by atoms with Crippen LogP contribution < -0.4 is 10.2 Å². The number of fused-ring (bicyclic) bond motifs is 1. The molecule has 22 heavy (non-hydrogen) atoms. The molecule has 0 bridgehead atoms. The smallest absolute Gasteiger partial charge is 0.295 e.